The molecule has 118 valence electrons. The summed E-state index contributed by atoms with van der Waals surface area (Å²) in [4.78, 5) is 11.9. The Labute approximate surface area is 128 Å². The molecule has 0 unspecified atom stereocenters. The number of aryl methyl sites for hydroxylation is 1. The molecule has 2 rings (SSSR count). The van der Waals surface area contributed by atoms with E-state index in [0.29, 0.717) is 16.8 Å². The molecule has 0 radical (unpaired) electrons. The lowest BCUT2D eigenvalue weighted by molar-refractivity contribution is 0.0525. The predicted octanol–water partition coefficient (Wildman–Crippen LogP) is 2.69. The third-order valence-corrected chi connectivity index (χ3v) is 3.30. The van der Waals surface area contributed by atoms with Gasteiger partial charge in [-0.2, -0.15) is 5.10 Å². The second-order valence-corrected chi connectivity index (χ2v) is 5.65. The molecule has 1 heterocycles. The number of nitrogens with zero attached hydrogens (tertiary/aromatic N) is 2. The van der Waals surface area contributed by atoms with Gasteiger partial charge in [0, 0.05) is 17.3 Å². The Morgan fingerprint density at radius 3 is 2.73 bits per heavy atom. The lowest BCUT2D eigenvalue weighted by Crippen LogP contribution is -2.30. The van der Waals surface area contributed by atoms with Gasteiger partial charge in [0.05, 0.1) is 12.3 Å². The minimum Gasteiger partial charge on any atom is -0.462 e. The molecule has 6 heteroatoms. The number of carbonyl (C=O) groups excluding carboxylic acids is 1. The lowest BCUT2D eigenvalue weighted by atomic mass is 9.93. The summed E-state index contributed by atoms with van der Waals surface area (Å²) >= 11 is 0. The van der Waals surface area contributed by atoms with Crippen LogP contribution < -0.4 is 5.73 Å². The highest BCUT2D eigenvalue weighted by Crippen LogP contribution is 2.27. The monoisotopic (exact) mass is 305 g/mol. The Kier molecular flexibility index (Phi) is 4.32. The van der Waals surface area contributed by atoms with Crippen LogP contribution in [0, 0.1) is 12.7 Å². The van der Waals surface area contributed by atoms with Crippen LogP contribution in [0.2, 0.25) is 0 Å². The molecule has 0 aliphatic heterocycles. The Bertz CT molecular complexity index is 702. The van der Waals surface area contributed by atoms with Gasteiger partial charge in [-0.1, -0.05) is 12.1 Å². The van der Waals surface area contributed by atoms with Gasteiger partial charge in [-0.3, -0.25) is 0 Å². The topological polar surface area (TPSA) is 70.1 Å². The van der Waals surface area contributed by atoms with E-state index in [0.717, 1.165) is 0 Å². The van der Waals surface area contributed by atoms with Crippen LogP contribution in [0.4, 0.5) is 4.39 Å². The first-order chi connectivity index (χ1) is 10.3. The van der Waals surface area contributed by atoms with Crippen molar-refractivity contribution in [3.63, 3.8) is 0 Å². The fourth-order valence-corrected chi connectivity index (χ4v) is 2.25. The Hall–Kier alpha value is -2.21. The molecule has 0 saturated carbocycles. The zero-order valence-corrected chi connectivity index (χ0v) is 13.2. The highest BCUT2D eigenvalue weighted by atomic mass is 19.1. The van der Waals surface area contributed by atoms with Crippen LogP contribution in [0.1, 0.15) is 42.4 Å². The number of benzene rings is 1. The Balaban J connectivity index is 2.59. The van der Waals surface area contributed by atoms with E-state index < -0.39 is 17.3 Å². The van der Waals surface area contributed by atoms with E-state index in [1.807, 2.05) is 0 Å². The van der Waals surface area contributed by atoms with E-state index in [4.69, 9.17) is 10.5 Å². The number of hydrogen-bond donors (Lipinski definition) is 1. The third kappa shape index (κ3) is 3.01. The first kappa shape index (κ1) is 16.2. The standard InChI is InChI=1S/C16H20FN3O2/c1-5-22-15(21)11-9-20(19-10(11)2)14-12(16(3,4)18)7-6-8-13(14)17/h6-9H,5,18H2,1-4H3. The van der Waals surface area contributed by atoms with Crippen LogP contribution in [-0.2, 0) is 10.3 Å². The summed E-state index contributed by atoms with van der Waals surface area (Å²) in [6.07, 6.45) is 1.47. The maximum absolute atomic E-state index is 14.3. The van der Waals surface area contributed by atoms with E-state index in [1.54, 1.807) is 39.8 Å². The molecule has 0 saturated heterocycles. The van der Waals surface area contributed by atoms with E-state index in [2.05, 4.69) is 5.10 Å². The summed E-state index contributed by atoms with van der Waals surface area (Å²) < 4.78 is 20.6. The molecule has 0 aliphatic rings. The molecular weight excluding hydrogens is 285 g/mol. The summed E-state index contributed by atoms with van der Waals surface area (Å²) in [6.45, 7) is 7.24. The second kappa shape index (κ2) is 5.88. The van der Waals surface area contributed by atoms with Crippen molar-refractivity contribution in [3.8, 4) is 5.69 Å². The van der Waals surface area contributed by atoms with Gasteiger partial charge in [0.2, 0.25) is 0 Å². The van der Waals surface area contributed by atoms with Crippen molar-refractivity contribution in [1.82, 2.24) is 9.78 Å². The van der Waals surface area contributed by atoms with Gasteiger partial charge in [0.1, 0.15) is 17.1 Å². The maximum atomic E-state index is 14.3. The van der Waals surface area contributed by atoms with Gasteiger partial charge in [-0.15, -0.1) is 0 Å². The van der Waals surface area contributed by atoms with Crippen LogP contribution in [0.3, 0.4) is 0 Å². The molecule has 0 spiro atoms. The minimum absolute atomic E-state index is 0.244. The smallest absolute Gasteiger partial charge is 0.341 e. The SMILES string of the molecule is CCOC(=O)c1cn(-c2c(F)cccc2C(C)(C)N)nc1C. The van der Waals surface area contributed by atoms with Crippen molar-refractivity contribution in [2.24, 2.45) is 5.73 Å². The summed E-state index contributed by atoms with van der Waals surface area (Å²) in [5.41, 5.74) is 7.00. The van der Waals surface area contributed by atoms with Gasteiger partial charge < -0.3 is 10.5 Å². The number of ether oxygens (including phenoxy) is 1. The number of para-hydroxylation sites is 1. The van der Waals surface area contributed by atoms with Crippen LogP contribution in [0.5, 0.6) is 0 Å². The largest absolute Gasteiger partial charge is 0.462 e. The van der Waals surface area contributed by atoms with Crippen LogP contribution in [0.25, 0.3) is 5.69 Å². The average molecular weight is 305 g/mol. The number of esters is 1. The molecule has 0 amide bonds. The first-order valence-corrected chi connectivity index (χ1v) is 7.07. The molecule has 0 fully saturated rings. The fourth-order valence-electron chi connectivity index (χ4n) is 2.25. The highest BCUT2D eigenvalue weighted by molar-refractivity contribution is 5.90. The Morgan fingerprint density at radius 1 is 1.45 bits per heavy atom. The van der Waals surface area contributed by atoms with Gasteiger partial charge in [0.15, 0.2) is 0 Å². The van der Waals surface area contributed by atoms with Crippen molar-refractivity contribution < 1.29 is 13.9 Å². The molecule has 5 nitrogen and oxygen atoms in total. The fraction of sp³-hybridized carbons (Fsp3) is 0.375. The van der Waals surface area contributed by atoms with Crippen molar-refractivity contribution in [2.45, 2.75) is 33.2 Å². The highest BCUT2D eigenvalue weighted by Gasteiger charge is 2.24. The van der Waals surface area contributed by atoms with Crippen LogP contribution >= 0.6 is 0 Å². The number of halogens is 1. The number of aromatic nitrogens is 2. The first-order valence-electron chi connectivity index (χ1n) is 7.07. The molecule has 2 aromatic rings. The molecule has 22 heavy (non-hydrogen) atoms. The second-order valence-electron chi connectivity index (χ2n) is 5.65. The Morgan fingerprint density at radius 2 is 2.14 bits per heavy atom. The van der Waals surface area contributed by atoms with E-state index >= 15 is 0 Å². The van der Waals surface area contributed by atoms with Crippen LogP contribution in [-0.4, -0.2) is 22.4 Å². The molecule has 1 aromatic heterocycles. The quantitative estimate of drug-likeness (QED) is 0.882. The summed E-state index contributed by atoms with van der Waals surface area (Å²) in [5, 5.41) is 4.24. The van der Waals surface area contributed by atoms with E-state index in [-0.39, 0.29) is 12.3 Å². The van der Waals surface area contributed by atoms with E-state index in [9.17, 15) is 9.18 Å². The van der Waals surface area contributed by atoms with E-state index in [1.165, 1.54) is 16.9 Å². The zero-order chi connectivity index (χ0) is 16.5. The van der Waals surface area contributed by atoms with Crippen molar-refractivity contribution in [2.75, 3.05) is 6.61 Å². The lowest BCUT2D eigenvalue weighted by Gasteiger charge is -2.23. The molecule has 1 aromatic carbocycles. The molecule has 0 bridgehead atoms. The molecule has 0 atom stereocenters. The summed E-state index contributed by atoms with van der Waals surface area (Å²) in [6, 6.07) is 4.69. The van der Waals surface area contributed by atoms with Crippen molar-refractivity contribution >= 4 is 5.97 Å². The molecular formula is C16H20FN3O2. The number of carbonyl (C=O) groups is 1. The third-order valence-electron chi connectivity index (χ3n) is 3.30. The summed E-state index contributed by atoms with van der Waals surface area (Å²) in [7, 11) is 0. The normalized spacial score (nSPS) is 11.5. The van der Waals surface area contributed by atoms with Gasteiger partial charge in [-0.05, 0) is 33.8 Å². The van der Waals surface area contributed by atoms with Gasteiger partial charge in [0.25, 0.3) is 0 Å². The molecule has 0 aliphatic carbocycles. The van der Waals surface area contributed by atoms with Crippen molar-refractivity contribution in [1.29, 1.82) is 0 Å². The minimum atomic E-state index is -0.749. The maximum Gasteiger partial charge on any atom is 0.341 e. The number of rotatable bonds is 4. The van der Waals surface area contributed by atoms with Gasteiger partial charge in [-0.25, -0.2) is 13.9 Å². The van der Waals surface area contributed by atoms with Gasteiger partial charge >= 0.3 is 5.97 Å². The number of nitrogens with two attached hydrogens (primary N) is 1. The predicted molar refractivity (Wildman–Crippen MR) is 81.4 cm³/mol. The number of hydrogen-bond acceptors (Lipinski definition) is 4. The zero-order valence-electron chi connectivity index (χ0n) is 13.2. The molecule has 2 N–H and O–H groups in total. The van der Waals surface area contributed by atoms with Crippen molar-refractivity contribution in [3.05, 3.63) is 47.0 Å². The van der Waals surface area contributed by atoms with Crippen LogP contribution in [0.15, 0.2) is 24.4 Å². The average Bonchev–Trinajstić information content (AvgIpc) is 2.79. The summed E-state index contributed by atoms with van der Waals surface area (Å²) in [5.74, 6) is -0.926.